The topological polar surface area (TPSA) is 32.3 Å². The molecule has 2 nitrogen and oxygen atoms in total. The van der Waals surface area contributed by atoms with Crippen molar-refractivity contribution in [1.29, 1.82) is 0 Å². The van der Waals surface area contributed by atoms with E-state index in [1.54, 1.807) is 6.07 Å². The zero-order valence-electron chi connectivity index (χ0n) is 9.59. The van der Waals surface area contributed by atoms with Gasteiger partial charge in [0.15, 0.2) is 0 Å². The van der Waals surface area contributed by atoms with Gasteiger partial charge in [0, 0.05) is 12.2 Å². The third-order valence-corrected chi connectivity index (χ3v) is 2.50. The maximum atomic E-state index is 12.6. The molecule has 2 N–H and O–H groups in total. The molecule has 1 rings (SSSR count). The fraction of sp³-hybridized carbons (Fsp3) is 0.500. The number of alkyl halides is 3. The minimum Gasteiger partial charge on any atom is -0.393 e. The van der Waals surface area contributed by atoms with Crippen LogP contribution in [0.4, 0.5) is 18.9 Å². The Bertz CT molecular complexity index is 352. The fourth-order valence-corrected chi connectivity index (χ4v) is 1.46. The Morgan fingerprint density at radius 1 is 1.29 bits per heavy atom. The van der Waals surface area contributed by atoms with Gasteiger partial charge in [0.2, 0.25) is 0 Å². The molecular formula is C12H16F3NO. The number of aliphatic hydroxyl groups is 1. The van der Waals surface area contributed by atoms with E-state index in [0.29, 0.717) is 19.4 Å². The van der Waals surface area contributed by atoms with E-state index >= 15 is 0 Å². The SMILES string of the molecule is CCC(O)CCNc1ccccc1C(F)(F)F. The molecule has 0 saturated carbocycles. The molecule has 0 aromatic heterocycles. The molecule has 96 valence electrons. The molecule has 0 radical (unpaired) electrons. The summed E-state index contributed by atoms with van der Waals surface area (Å²) in [6.07, 6.45) is -3.79. The molecule has 0 amide bonds. The van der Waals surface area contributed by atoms with Crippen molar-refractivity contribution in [3.8, 4) is 0 Å². The fourth-order valence-electron chi connectivity index (χ4n) is 1.46. The van der Waals surface area contributed by atoms with E-state index in [2.05, 4.69) is 5.32 Å². The zero-order chi connectivity index (χ0) is 12.9. The third kappa shape index (κ3) is 4.26. The first-order valence-corrected chi connectivity index (χ1v) is 5.53. The van der Waals surface area contributed by atoms with Crippen LogP contribution in [0.25, 0.3) is 0 Å². The smallest absolute Gasteiger partial charge is 0.393 e. The molecule has 1 aromatic carbocycles. The largest absolute Gasteiger partial charge is 0.418 e. The van der Waals surface area contributed by atoms with E-state index in [-0.39, 0.29) is 5.69 Å². The van der Waals surface area contributed by atoms with Gasteiger partial charge >= 0.3 is 6.18 Å². The monoisotopic (exact) mass is 247 g/mol. The van der Waals surface area contributed by atoms with E-state index in [4.69, 9.17) is 0 Å². The summed E-state index contributed by atoms with van der Waals surface area (Å²) >= 11 is 0. The molecule has 0 aliphatic carbocycles. The number of rotatable bonds is 5. The molecule has 0 saturated heterocycles. The summed E-state index contributed by atoms with van der Waals surface area (Å²) in [6.45, 7) is 2.15. The van der Waals surface area contributed by atoms with Gasteiger partial charge in [-0.1, -0.05) is 19.1 Å². The van der Waals surface area contributed by atoms with Gasteiger partial charge in [-0.15, -0.1) is 0 Å². The summed E-state index contributed by atoms with van der Waals surface area (Å²) in [5, 5.41) is 12.0. The Hall–Kier alpha value is -1.23. The van der Waals surface area contributed by atoms with Crippen LogP contribution in [0.3, 0.4) is 0 Å². The molecule has 0 heterocycles. The summed E-state index contributed by atoms with van der Waals surface area (Å²) in [7, 11) is 0. The van der Waals surface area contributed by atoms with Crippen molar-refractivity contribution in [3.63, 3.8) is 0 Å². The van der Waals surface area contributed by atoms with Crippen LogP contribution in [0.15, 0.2) is 24.3 Å². The number of anilines is 1. The second-order valence-corrected chi connectivity index (χ2v) is 3.82. The highest BCUT2D eigenvalue weighted by molar-refractivity contribution is 5.52. The second kappa shape index (κ2) is 5.91. The van der Waals surface area contributed by atoms with Crippen molar-refractivity contribution in [1.82, 2.24) is 0 Å². The van der Waals surface area contributed by atoms with Gasteiger partial charge in [0.1, 0.15) is 0 Å². The van der Waals surface area contributed by atoms with Gasteiger partial charge in [-0.2, -0.15) is 13.2 Å². The molecule has 0 spiro atoms. The van der Waals surface area contributed by atoms with Crippen LogP contribution in [-0.2, 0) is 6.18 Å². The van der Waals surface area contributed by atoms with Crippen LogP contribution in [0.2, 0.25) is 0 Å². The van der Waals surface area contributed by atoms with Crippen LogP contribution < -0.4 is 5.32 Å². The Kier molecular flexibility index (Phi) is 4.81. The minimum atomic E-state index is -4.35. The normalized spacial score (nSPS) is 13.5. The van der Waals surface area contributed by atoms with Gasteiger partial charge in [0.25, 0.3) is 0 Å². The van der Waals surface area contributed by atoms with Gasteiger partial charge in [-0.25, -0.2) is 0 Å². The molecular weight excluding hydrogens is 231 g/mol. The Morgan fingerprint density at radius 3 is 2.53 bits per heavy atom. The van der Waals surface area contributed by atoms with Crippen molar-refractivity contribution in [2.45, 2.75) is 32.0 Å². The third-order valence-electron chi connectivity index (χ3n) is 2.50. The zero-order valence-corrected chi connectivity index (χ0v) is 9.59. The van der Waals surface area contributed by atoms with Crippen LogP contribution in [0.5, 0.6) is 0 Å². The molecule has 0 aliphatic rings. The van der Waals surface area contributed by atoms with Crippen LogP contribution >= 0.6 is 0 Å². The number of nitrogens with one attached hydrogen (secondary N) is 1. The molecule has 0 fully saturated rings. The van der Waals surface area contributed by atoms with Crippen molar-refractivity contribution in [2.75, 3.05) is 11.9 Å². The maximum absolute atomic E-state index is 12.6. The quantitative estimate of drug-likeness (QED) is 0.836. The van der Waals surface area contributed by atoms with E-state index in [1.807, 2.05) is 6.92 Å². The number of hydrogen-bond donors (Lipinski definition) is 2. The highest BCUT2D eigenvalue weighted by Gasteiger charge is 2.32. The Balaban J connectivity index is 2.65. The van der Waals surface area contributed by atoms with Gasteiger partial charge < -0.3 is 10.4 Å². The standard InChI is InChI=1S/C12H16F3NO/c1-2-9(17)7-8-16-11-6-4-3-5-10(11)12(13,14)15/h3-6,9,16-17H,2,7-8H2,1H3. The number of benzene rings is 1. The van der Waals surface area contributed by atoms with E-state index in [9.17, 15) is 18.3 Å². The molecule has 1 unspecified atom stereocenters. The van der Waals surface area contributed by atoms with Crippen LogP contribution in [-0.4, -0.2) is 17.8 Å². The van der Waals surface area contributed by atoms with Crippen molar-refractivity contribution < 1.29 is 18.3 Å². The number of halogens is 3. The molecule has 1 aromatic rings. The predicted octanol–water partition coefficient (Wildman–Crippen LogP) is 3.28. The summed E-state index contributed by atoms with van der Waals surface area (Å²) in [5.41, 5.74) is -0.616. The molecule has 1 atom stereocenters. The van der Waals surface area contributed by atoms with E-state index in [1.165, 1.54) is 12.1 Å². The summed E-state index contributed by atoms with van der Waals surface area (Å²) in [6, 6.07) is 5.34. The summed E-state index contributed by atoms with van der Waals surface area (Å²) < 4.78 is 37.8. The van der Waals surface area contributed by atoms with Crippen molar-refractivity contribution in [2.24, 2.45) is 0 Å². The number of para-hydroxylation sites is 1. The van der Waals surface area contributed by atoms with Gasteiger partial charge in [0.05, 0.1) is 11.7 Å². The second-order valence-electron chi connectivity index (χ2n) is 3.82. The maximum Gasteiger partial charge on any atom is 0.418 e. The predicted molar refractivity (Wildman–Crippen MR) is 60.8 cm³/mol. The first kappa shape index (κ1) is 13.8. The first-order valence-electron chi connectivity index (χ1n) is 5.53. The van der Waals surface area contributed by atoms with Crippen LogP contribution in [0.1, 0.15) is 25.3 Å². The molecule has 17 heavy (non-hydrogen) atoms. The van der Waals surface area contributed by atoms with Crippen molar-refractivity contribution >= 4 is 5.69 Å². The Morgan fingerprint density at radius 2 is 1.94 bits per heavy atom. The molecule has 0 bridgehead atoms. The first-order chi connectivity index (χ1) is 7.95. The highest BCUT2D eigenvalue weighted by atomic mass is 19.4. The van der Waals surface area contributed by atoms with Crippen LogP contribution in [0, 0.1) is 0 Å². The lowest BCUT2D eigenvalue weighted by Gasteiger charge is -2.15. The highest BCUT2D eigenvalue weighted by Crippen LogP contribution is 2.34. The van der Waals surface area contributed by atoms with Gasteiger partial charge in [-0.3, -0.25) is 0 Å². The number of aliphatic hydroxyl groups excluding tert-OH is 1. The molecule has 0 aliphatic heterocycles. The average molecular weight is 247 g/mol. The lowest BCUT2D eigenvalue weighted by atomic mass is 10.1. The van der Waals surface area contributed by atoms with E-state index in [0.717, 1.165) is 6.07 Å². The summed E-state index contributed by atoms with van der Waals surface area (Å²) in [4.78, 5) is 0. The Labute approximate surface area is 98.5 Å². The summed E-state index contributed by atoms with van der Waals surface area (Å²) in [5.74, 6) is 0. The van der Waals surface area contributed by atoms with Gasteiger partial charge in [-0.05, 0) is 25.0 Å². The van der Waals surface area contributed by atoms with Crippen molar-refractivity contribution in [3.05, 3.63) is 29.8 Å². The lowest BCUT2D eigenvalue weighted by Crippen LogP contribution is -2.15. The number of hydrogen-bond acceptors (Lipinski definition) is 2. The molecule has 5 heteroatoms. The minimum absolute atomic E-state index is 0.0586. The average Bonchev–Trinajstić information content (AvgIpc) is 2.28. The lowest BCUT2D eigenvalue weighted by molar-refractivity contribution is -0.136. The van der Waals surface area contributed by atoms with E-state index < -0.39 is 17.8 Å².